The van der Waals surface area contributed by atoms with Crippen LogP contribution in [-0.2, 0) is 6.54 Å². The second-order valence-corrected chi connectivity index (χ2v) is 4.37. The molecule has 0 spiro atoms. The third kappa shape index (κ3) is 2.87. The van der Waals surface area contributed by atoms with Gasteiger partial charge in [-0.25, -0.2) is 4.79 Å². The SMILES string of the molecule is O=C(O)c1ccc(CN2CCCCC2CO)o1. The summed E-state index contributed by atoms with van der Waals surface area (Å²) in [5.41, 5.74) is 0. The molecule has 1 fully saturated rings. The molecule has 5 heteroatoms. The Labute approximate surface area is 99.6 Å². The van der Waals surface area contributed by atoms with Crippen LogP contribution in [0.5, 0.6) is 0 Å². The van der Waals surface area contributed by atoms with Crippen molar-refractivity contribution in [3.63, 3.8) is 0 Å². The molecule has 17 heavy (non-hydrogen) atoms. The van der Waals surface area contributed by atoms with Crippen molar-refractivity contribution in [2.45, 2.75) is 31.8 Å². The lowest BCUT2D eigenvalue weighted by molar-refractivity contribution is 0.0639. The average molecular weight is 239 g/mol. The van der Waals surface area contributed by atoms with Gasteiger partial charge in [-0.3, -0.25) is 4.90 Å². The largest absolute Gasteiger partial charge is 0.475 e. The highest BCUT2D eigenvalue weighted by Gasteiger charge is 2.22. The molecule has 0 amide bonds. The Morgan fingerprint density at radius 2 is 2.29 bits per heavy atom. The standard InChI is InChI=1S/C12H17NO4/c14-8-9-3-1-2-6-13(9)7-10-4-5-11(17-10)12(15)16/h4-5,9,14H,1-3,6-8H2,(H,15,16). The van der Waals surface area contributed by atoms with Gasteiger partial charge in [-0.2, -0.15) is 0 Å². The number of aliphatic hydroxyl groups is 1. The number of hydrogen-bond acceptors (Lipinski definition) is 4. The predicted molar refractivity (Wildman–Crippen MR) is 60.8 cm³/mol. The van der Waals surface area contributed by atoms with Crippen molar-refractivity contribution in [1.29, 1.82) is 0 Å². The Bertz CT molecular complexity index is 388. The predicted octanol–water partition coefficient (Wildman–Crippen LogP) is 1.32. The van der Waals surface area contributed by atoms with Crippen LogP contribution in [0.15, 0.2) is 16.5 Å². The molecule has 1 aromatic heterocycles. The number of aliphatic hydroxyl groups excluding tert-OH is 1. The number of aromatic carboxylic acids is 1. The molecule has 1 aliphatic rings. The van der Waals surface area contributed by atoms with Gasteiger partial charge in [0.25, 0.3) is 0 Å². The van der Waals surface area contributed by atoms with Crippen molar-refractivity contribution in [3.8, 4) is 0 Å². The van der Waals surface area contributed by atoms with E-state index in [0.717, 1.165) is 25.8 Å². The van der Waals surface area contributed by atoms with Crippen LogP contribution in [0.1, 0.15) is 35.6 Å². The van der Waals surface area contributed by atoms with Crippen LogP contribution in [0.4, 0.5) is 0 Å². The molecule has 1 saturated heterocycles. The van der Waals surface area contributed by atoms with Gasteiger partial charge in [-0.1, -0.05) is 6.42 Å². The van der Waals surface area contributed by atoms with Crippen molar-refractivity contribution >= 4 is 5.97 Å². The molecule has 2 heterocycles. The number of carboxylic acid groups (broad SMARTS) is 1. The summed E-state index contributed by atoms with van der Waals surface area (Å²) in [6, 6.07) is 3.32. The second kappa shape index (κ2) is 5.33. The molecule has 0 saturated carbocycles. The van der Waals surface area contributed by atoms with Crippen LogP contribution < -0.4 is 0 Å². The quantitative estimate of drug-likeness (QED) is 0.829. The minimum absolute atomic E-state index is 0.0300. The van der Waals surface area contributed by atoms with Crippen LogP contribution in [0.25, 0.3) is 0 Å². The molecule has 0 aromatic carbocycles. The Hall–Kier alpha value is -1.33. The normalized spacial score (nSPS) is 21.6. The number of likely N-dealkylation sites (tertiary alicyclic amines) is 1. The molecule has 0 bridgehead atoms. The summed E-state index contributed by atoms with van der Waals surface area (Å²) in [6.07, 6.45) is 3.24. The highest BCUT2D eigenvalue weighted by molar-refractivity contribution is 5.84. The van der Waals surface area contributed by atoms with Gasteiger partial charge in [0.2, 0.25) is 5.76 Å². The van der Waals surface area contributed by atoms with Crippen molar-refractivity contribution < 1.29 is 19.4 Å². The van der Waals surface area contributed by atoms with E-state index < -0.39 is 5.97 Å². The zero-order chi connectivity index (χ0) is 12.3. The number of nitrogens with zero attached hydrogens (tertiary/aromatic N) is 1. The summed E-state index contributed by atoms with van der Waals surface area (Å²) in [7, 11) is 0. The van der Waals surface area contributed by atoms with E-state index in [-0.39, 0.29) is 18.4 Å². The number of piperidine rings is 1. The van der Waals surface area contributed by atoms with E-state index in [1.165, 1.54) is 6.07 Å². The minimum Gasteiger partial charge on any atom is -0.475 e. The summed E-state index contributed by atoms with van der Waals surface area (Å²) in [5.74, 6) is -0.436. The van der Waals surface area contributed by atoms with Crippen LogP contribution in [-0.4, -0.2) is 40.3 Å². The second-order valence-electron chi connectivity index (χ2n) is 4.37. The Balaban J connectivity index is 2.00. The molecular formula is C12H17NO4. The summed E-state index contributed by atoms with van der Waals surface area (Å²) in [5, 5.41) is 18.0. The summed E-state index contributed by atoms with van der Waals surface area (Å²) >= 11 is 0. The van der Waals surface area contributed by atoms with Gasteiger partial charge in [0.15, 0.2) is 0 Å². The zero-order valence-electron chi connectivity index (χ0n) is 9.63. The van der Waals surface area contributed by atoms with Crippen LogP contribution in [0.2, 0.25) is 0 Å². The molecular weight excluding hydrogens is 222 g/mol. The third-order valence-electron chi connectivity index (χ3n) is 3.19. The smallest absolute Gasteiger partial charge is 0.371 e. The number of carbonyl (C=O) groups is 1. The maximum Gasteiger partial charge on any atom is 0.371 e. The van der Waals surface area contributed by atoms with Gasteiger partial charge < -0.3 is 14.6 Å². The first kappa shape index (κ1) is 12.1. The van der Waals surface area contributed by atoms with Crippen molar-refractivity contribution in [1.82, 2.24) is 4.90 Å². The average Bonchev–Trinajstić information content (AvgIpc) is 2.78. The molecule has 2 N–H and O–H groups in total. The topological polar surface area (TPSA) is 73.9 Å². The molecule has 1 unspecified atom stereocenters. The molecule has 2 rings (SSSR count). The van der Waals surface area contributed by atoms with E-state index in [0.29, 0.717) is 12.3 Å². The van der Waals surface area contributed by atoms with Crippen LogP contribution in [0, 0.1) is 0 Å². The lowest BCUT2D eigenvalue weighted by Gasteiger charge is -2.33. The van der Waals surface area contributed by atoms with E-state index >= 15 is 0 Å². The number of carboxylic acids is 1. The lowest BCUT2D eigenvalue weighted by Crippen LogP contribution is -2.41. The summed E-state index contributed by atoms with van der Waals surface area (Å²) < 4.78 is 5.22. The van der Waals surface area contributed by atoms with Crippen LogP contribution in [0.3, 0.4) is 0 Å². The highest BCUT2D eigenvalue weighted by atomic mass is 16.4. The van der Waals surface area contributed by atoms with E-state index in [9.17, 15) is 9.90 Å². The number of rotatable bonds is 4. The molecule has 1 aliphatic heterocycles. The fourth-order valence-electron chi connectivity index (χ4n) is 2.25. The monoisotopic (exact) mass is 239 g/mol. The van der Waals surface area contributed by atoms with Gasteiger partial charge in [-0.15, -0.1) is 0 Å². The van der Waals surface area contributed by atoms with Gasteiger partial charge in [0.05, 0.1) is 13.2 Å². The first-order chi connectivity index (χ1) is 8.20. The zero-order valence-corrected chi connectivity index (χ0v) is 9.63. The summed E-state index contributed by atoms with van der Waals surface area (Å²) in [6.45, 7) is 1.64. The molecule has 5 nitrogen and oxygen atoms in total. The molecule has 1 atom stereocenters. The first-order valence-corrected chi connectivity index (χ1v) is 5.87. The maximum atomic E-state index is 10.7. The van der Waals surface area contributed by atoms with Crippen molar-refractivity contribution in [2.24, 2.45) is 0 Å². The van der Waals surface area contributed by atoms with Gasteiger partial charge in [-0.05, 0) is 31.5 Å². The fourth-order valence-corrected chi connectivity index (χ4v) is 2.25. The van der Waals surface area contributed by atoms with Crippen LogP contribution >= 0.6 is 0 Å². The number of hydrogen-bond donors (Lipinski definition) is 2. The van der Waals surface area contributed by atoms with E-state index in [1.807, 2.05) is 0 Å². The third-order valence-corrected chi connectivity index (χ3v) is 3.19. The fraction of sp³-hybridized carbons (Fsp3) is 0.583. The highest BCUT2D eigenvalue weighted by Crippen LogP contribution is 2.20. The summed E-state index contributed by atoms with van der Waals surface area (Å²) in [4.78, 5) is 12.8. The van der Waals surface area contributed by atoms with Gasteiger partial charge in [0.1, 0.15) is 5.76 Å². The van der Waals surface area contributed by atoms with E-state index in [2.05, 4.69) is 4.90 Å². The number of furan rings is 1. The Morgan fingerprint density at radius 3 is 2.94 bits per heavy atom. The Morgan fingerprint density at radius 1 is 1.47 bits per heavy atom. The van der Waals surface area contributed by atoms with Gasteiger partial charge in [0, 0.05) is 6.04 Å². The van der Waals surface area contributed by atoms with E-state index in [4.69, 9.17) is 9.52 Å². The molecule has 94 valence electrons. The molecule has 0 aliphatic carbocycles. The van der Waals surface area contributed by atoms with Crippen molar-refractivity contribution in [3.05, 3.63) is 23.7 Å². The van der Waals surface area contributed by atoms with Gasteiger partial charge >= 0.3 is 5.97 Å². The van der Waals surface area contributed by atoms with E-state index in [1.54, 1.807) is 6.07 Å². The lowest BCUT2D eigenvalue weighted by atomic mass is 10.0. The first-order valence-electron chi connectivity index (χ1n) is 5.87. The van der Waals surface area contributed by atoms with Crippen molar-refractivity contribution in [2.75, 3.05) is 13.2 Å². The minimum atomic E-state index is -1.05. The maximum absolute atomic E-state index is 10.7. The molecule has 0 radical (unpaired) electrons. The Kier molecular flexibility index (Phi) is 3.81. The molecule has 1 aromatic rings.